The highest BCUT2D eigenvalue weighted by atomic mass is 19.4. The van der Waals surface area contributed by atoms with Gasteiger partial charge in [0.2, 0.25) is 11.8 Å². The SMILES string of the molecule is N[C@@H](CC(=O)NC(c1ccccc1)c1ccccc1)C(=O)N1Cc2ccccc2C1.O=C(O)C(F)(F)F. The van der Waals surface area contributed by atoms with Crippen LogP contribution >= 0.6 is 0 Å². The highest BCUT2D eigenvalue weighted by Crippen LogP contribution is 2.24. The molecule has 1 heterocycles. The first-order valence-corrected chi connectivity index (χ1v) is 11.4. The van der Waals surface area contributed by atoms with Gasteiger partial charge in [-0.05, 0) is 22.3 Å². The van der Waals surface area contributed by atoms with Crippen LogP contribution in [0.1, 0.15) is 34.7 Å². The molecule has 0 radical (unpaired) electrons. The largest absolute Gasteiger partial charge is 0.490 e. The molecule has 0 bridgehead atoms. The Morgan fingerprint density at radius 2 is 1.24 bits per heavy atom. The Kier molecular flexibility index (Phi) is 9.02. The summed E-state index contributed by atoms with van der Waals surface area (Å²) in [6.07, 6.45) is -5.14. The number of carboxylic acids is 1. The lowest BCUT2D eigenvalue weighted by Gasteiger charge is -2.23. The van der Waals surface area contributed by atoms with E-state index in [-0.39, 0.29) is 24.3 Å². The van der Waals surface area contributed by atoms with Crippen LogP contribution in [0, 0.1) is 0 Å². The number of hydrogen-bond donors (Lipinski definition) is 3. The molecule has 0 saturated carbocycles. The van der Waals surface area contributed by atoms with Gasteiger partial charge in [-0.3, -0.25) is 9.59 Å². The zero-order valence-electron chi connectivity index (χ0n) is 19.7. The monoisotopic (exact) mass is 513 g/mol. The summed E-state index contributed by atoms with van der Waals surface area (Å²) >= 11 is 0. The molecule has 0 fully saturated rings. The summed E-state index contributed by atoms with van der Waals surface area (Å²) < 4.78 is 31.7. The smallest absolute Gasteiger partial charge is 0.475 e. The molecule has 3 aromatic rings. The van der Waals surface area contributed by atoms with Crippen molar-refractivity contribution >= 4 is 17.8 Å². The number of nitrogens with one attached hydrogen (secondary N) is 1. The van der Waals surface area contributed by atoms with Crippen molar-refractivity contribution in [2.24, 2.45) is 5.73 Å². The lowest BCUT2D eigenvalue weighted by molar-refractivity contribution is -0.192. The van der Waals surface area contributed by atoms with E-state index >= 15 is 0 Å². The molecule has 0 saturated heterocycles. The van der Waals surface area contributed by atoms with Gasteiger partial charge < -0.3 is 21.1 Å². The zero-order chi connectivity index (χ0) is 27.0. The van der Waals surface area contributed by atoms with Gasteiger partial charge >= 0.3 is 12.1 Å². The van der Waals surface area contributed by atoms with Crippen LogP contribution in [0.2, 0.25) is 0 Å². The van der Waals surface area contributed by atoms with Crippen molar-refractivity contribution in [3.63, 3.8) is 0 Å². The van der Waals surface area contributed by atoms with Gasteiger partial charge in [0.1, 0.15) is 0 Å². The van der Waals surface area contributed by atoms with Crippen molar-refractivity contribution in [2.75, 3.05) is 0 Å². The summed E-state index contributed by atoms with van der Waals surface area (Å²) in [4.78, 5) is 36.2. The van der Waals surface area contributed by atoms with Crippen LogP contribution in [0.25, 0.3) is 0 Å². The molecule has 0 unspecified atom stereocenters. The van der Waals surface area contributed by atoms with E-state index in [4.69, 9.17) is 15.6 Å². The topological polar surface area (TPSA) is 113 Å². The maximum absolute atomic E-state index is 12.8. The minimum Gasteiger partial charge on any atom is -0.475 e. The molecular weight excluding hydrogens is 487 g/mol. The number of aliphatic carboxylic acids is 1. The summed E-state index contributed by atoms with van der Waals surface area (Å²) in [7, 11) is 0. The number of nitrogens with zero attached hydrogens (tertiary/aromatic N) is 1. The zero-order valence-corrected chi connectivity index (χ0v) is 19.7. The van der Waals surface area contributed by atoms with E-state index in [9.17, 15) is 22.8 Å². The standard InChI is InChI=1S/C25H25N3O2.C2HF3O2/c26-22(25(30)28-16-20-13-7-8-14-21(20)17-28)15-23(29)27-24(18-9-3-1-4-10-18)19-11-5-2-6-12-19;3-2(4,5)1(6)7/h1-14,22,24H,15-17,26H2,(H,27,29);(H,6,7)/t22-;/m0./s1. The van der Waals surface area contributed by atoms with E-state index < -0.39 is 18.2 Å². The second kappa shape index (κ2) is 12.2. The third kappa shape index (κ3) is 7.65. The molecule has 0 spiro atoms. The number of carbonyl (C=O) groups is 3. The fraction of sp³-hybridized carbons (Fsp3) is 0.222. The van der Waals surface area contributed by atoms with E-state index in [1.165, 1.54) is 0 Å². The molecule has 1 aliphatic heterocycles. The second-order valence-corrected chi connectivity index (χ2v) is 8.40. The summed E-state index contributed by atoms with van der Waals surface area (Å²) in [6.45, 7) is 1.09. The van der Waals surface area contributed by atoms with Crippen molar-refractivity contribution < 1.29 is 32.7 Å². The molecule has 2 amide bonds. The molecule has 0 aliphatic carbocycles. The van der Waals surface area contributed by atoms with Crippen molar-refractivity contribution in [1.29, 1.82) is 0 Å². The Bertz CT molecular complexity index is 1160. The number of carbonyl (C=O) groups excluding carboxylic acids is 2. The average molecular weight is 514 g/mol. The molecule has 4 N–H and O–H groups in total. The normalized spacial score (nSPS) is 13.3. The second-order valence-electron chi connectivity index (χ2n) is 8.40. The summed E-state index contributed by atoms with van der Waals surface area (Å²) in [5.41, 5.74) is 10.4. The number of rotatable bonds is 6. The third-order valence-electron chi connectivity index (χ3n) is 5.69. The van der Waals surface area contributed by atoms with Gasteiger partial charge in [-0.1, -0.05) is 84.9 Å². The number of amides is 2. The number of benzene rings is 3. The van der Waals surface area contributed by atoms with Crippen LogP contribution in [-0.4, -0.2) is 40.0 Å². The fourth-order valence-corrected chi connectivity index (χ4v) is 3.88. The van der Waals surface area contributed by atoms with Crippen molar-refractivity contribution in [3.05, 3.63) is 107 Å². The quantitative estimate of drug-likeness (QED) is 0.464. The maximum Gasteiger partial charge on any atom is 0.490 e. The van der Waals surface area contributed by atoms with Crippen LogP contribution in [-0.2, 0) is 27.5 Å². The lowest BCUT2D eigenvalue weighted by atomic mass is 9.98. The number of fused-ring (bicyclic) bond motifs is 1. The Morgan fingerprint density at radius 3 is 1.65 bits per heavy atom. The summed E-state index contributed by atoms with van der Waals surface area (Å²) in [5.74, 6) is -3.20. The molecule has 10 heteroatoms. The van der Waals surface area contributed by atoms with Crippen LogP contribution in [0.5, 0.6) is 0 Å². The number of alkyl halides is 3. The van der Waals surface area contributed by atoms with Gasteiger partial charge in [0.05, 0.1) is 18.5 Å². The Hall–Kier alpha value is -4.18. The minimum absolute atomic E-state index is 0.0537. The van der Waals surface area contributed by atoms with Gasteiger partial charge in [0, 0.05) is 13.1 Å². The summed E-state index contributed by atoms with van der Waals surface area (Å²) in [6, 6.07) is 26.4. The van der Waals surface area contributed by atoms with E-state index in [2.05, 4.69) is 5.32 Å². The Balaban J connectivity index is 0.000000479. The van der Waals surface area contributed by atoms with Crippen LogP contribution in [0.4, 0.5) is 13.2 Å². The minimum atomic E-state index is -5.08. The molecule has 1 aliphatic rings. The molecule has 4 rings (SSSR count). The van der Waals surface area contributed by atoms with E-state index in [1.807, 2.05) is 84.9 Å². The number of halogens is 3. The molecular formula is C27H26F3N3O4. The molecule has 3 aromatic carbocycles. The predicted octanol–water partition coefficient (Wildman–Crippen LogP) is 3.79. The molecule has 7 nitrogen and oxygen atoms in total. The molecule has 1 atom stereocenters. The number of nitrogens with two attached hydrogens (primary N) is 1. The van der Waals surface area contributed by atoms with Gasteiger partial charge in [-0.25, -0.2) is 4.79 Å². The maximum atomic E-state index is 12.8. The van der Waals surface area contributed by atoms with Crippen LogP contribution in [0.15, 0.2) is 84.9 Å². The average Bonchev–Trinajstić information content (AvgIpc) is 3.32. The van der Waals surface area contributed by atoms with Crippen molar-refractivity contribution in [1.82, 2.24) is 10.2 Å². The number of carboxylic acid groups (broad SMARTS) is 1. The Morgan fingerprint density at radius 1 is 0.838 bits per heavy atom. The number of hydrogen-bond acceptors (Lipinski definition) is 4. The fourth-order valence-electron chi connectivity index (χ4n) is 3.88. The van der Waals surface area contributed by atoms with Crippen LogP contribution in [0.3, 0.4) is 0 Å². The first kappa shape index (κ1) is 27.4. The van der Waals surface area contributed by atoms with Gasteiger partial charge in [-0.2, -0.15) is 13.2 Å². The highest BCUT2D eigenvalue weighted by Gasteiger charge is 2.38. The summed E-state index contributed by atoms with van der Waals surface area (Å²) in [5, 5.41) is 10.2. The van der Waals surface area contributed by atoms with E-state index in [0.717, 1.165) is 22.3 Å². The van der Waals surface area contributed by atoms with Crippen molar-refractivity contribution in [3.8, 4) is 0 Å². The highest BCUT2D eigenvalue weighted by molar-refractivity contribution is 5.88. The van der Waals surface area contributed by atoms with Gasteiger partial charge in [0.25, 0.3) is 0 Å². The predicted molar refractivity (Wildman–Crippen MR) is 130 cm³/mol. The molecule has 0 aromatic heterocycles. The van der Waals surface area contributed by atoms with E-state index in [1.54, 1.807) is 4.90 Å². The first-order valence-electron chi connectivity index (χ1n) is 11.4. The lowest BCUT2D eigenvalue weighted by Crippen LogP contribution is -2.44. The third-order valence-corrected chi connectivity index (χ3v) is 5.69. The van der Waals surface area contributed by atoms with Gasteiger partial charge in [0.15, 0.2) is 0 Å². The molecule has 194 valence electrons. The van der Waals surface area contributed by atoms with Crippen molar-refractivity contribution in [2.45, 2.75) is 37.8 Å². The van der Waals surface area contributed by atoms with Gasteiger partial charge in [-0.15, -0.1) is 0 Å². The van der Waals surface area contributed by atoms with Crippen LogP contribution < -0.4 is 11.1 Å². The first-order chi connectivity index (χ1) is 17.6. The molecule has 37 heavy (non-hydrogen) atoms. The Labute approximate surface area is 211 Å². The van der Waals surface area contributed by atoms with E-state index in [0.29, 0.717) is 13.1 Å².